The van der Waals surface area contributed by atoms with Gasteiger partial charge in [0.05, 0.1) is 19.1 Å². The highest BCUT2D eigenvalue weighted by Gasteiger charge is 2.39. The lowest BCUT2D eigenvalue weighted by Crippen LogP contribution is -2.42. The standard InChI is InChI=1S/C32H32ClF2N3O4/c1-21(23-11-15-27(33)16-12-23)37-31(42)38(28-17-13-25(14-18-28)24-5-3-2-4-6-24)19-22-7-9-26(10-8-22)29(39)36-20-32(34,35)30(40)41/h5,7-18,21H,2-4,6,19-20H2,1H3,(H,36,39)(H,37,42)(H,40,41)/t21-/m0/s1. The zero-order chi connectivity index (χ0) is 30.3. The monoisotopic (exact) mass is 595 g/mol. The summed E-state index contributed by atoms with van der Waals surface area (Å²) in [6, 6.07) is 20.5. The minimum absolute atomic E-state index is 0.0809. The summed E-state index contributed by atoms with van der Waals surface area (Å²) in [7, 11) is 0. The van der Waals surface area contributed by atoms with E-state index in [9.17, 15) is 23.2 Å². The molecule has 0 saturated carbocycles. The van der Waals surface area contributed by atoms with Crippen LogP contribution in [-0.4, -0.2) is 35.5 Å². The summed E-state index contributed by atoms with van der Waals surface area (Å²) in [6.45, 7) is 0.717. The Hall–Kier alpha value is -4.24. The van der Waals surface area contributed by atoms with Crippen LogP contribution >= 0.6 is 11.6 Å². The molecule has 3 aromatic carbocycles. The maximum atomic E-state index is 13.6. The Kier molecular flexibility index (Phi) is 9.96. The van der Waals surface area contributed by atoms with Gasteiger partial charge in [0.25, 0.3) is 5.91 Å². The molecule has 0 unspecified atom stereocenters. The number of hydrogen-bond donors (Lipinski definition) is 3. The summed E-state index contributed by atoms with van der Waals surface area (Å²) < 4.78 is 26.7. The van der Waals surface area contributed by atoms with Crippen molar-refractivity contribution in [3.05, 3.63) is 106 Å². The van der Waals surface area contributed by atoms with Crippen molar-refractivity contribution in [2.24, 2.45) is 0 Å². The fourth-order valence-electron chi connectivity index (χ4n) is 4.65. The molecular weight excluding hydrogens is 564 g/mol. The summed E-state index contributed by atoms with van der Waals surface area (Å²) >= 11 is 6.01. The summed E-state index contributed by atoms with van der Waals surface area (Å²) in [5.41, 5.74) is 4.75. The van der Waals surface area contributed by atoms with Crippen LogP contribution in [0, 0.1) is 0 Å². The third-order valence-electron chi connectivity index (χ3n) is 7.14. The second-order valence-corrected chi connectivity index (χ2v) is 10.7. The normalized spacial score (nSPS) is 14.0. The maximum Gasteiger partial charge on any atom is 0.376 e. The zero-order valence-corrected chi connectivity index (χ0v) is 23.8. The number of carboxylic acids is 1. The van der Waals surface area contributed by atoms with E-state index in [1.54, 1.807) is 29.2 Å². The number of halogens is 3. The number of allylic oxidation sites excluding steroid dienone is 2. The molecule has 3 aromatic rings. The first kappa shape index (κ1) is 30.7. The number of alkyl halides is 2. The van der Waals surface area contributed by atoms with Gasteiger partial charge in [-0.2, -0.15) is 8.78 Å². The minimum atomic E-state index is -4.07. The van der Waals surface area contributed by atoms with Crippen LogP contribution in [0.25, 0.3) is 5.57 Å². The number of hydrogen-bond acceptors (Lipinski definition) is 3. The molecular formula is C32H32ClF2N3O4. The van der Waals surface area contributed by atoms with E-state index in [-0.39, 0.29) is 24.2 Å². The molecule has 7 nitrogen and oxygen atoms in total. The Morgan fingerprint density at radius 2 is 1.64 bits per heavy atom. The van der Waals surface area contributed by atoms with E-state index >= 15 is 0 Å². The number of nitrogens with one attached hydrogen (secondary N) is 2. The fraction of sp³-hybridized carbons (Fsp3) is 0.281. The lowest BCUT2D eigenvalue weighted by atomic mass is 9.93. The maximum absolute atomic E-state index is 13.6. The van der Waals surface area contributed by atoms with Crippen LogP contribution in [0.3, 0.4) is 0 Å². The molecule has 10 heteroatoms. The minimum Gasteiger partial charge on any atom is -0.477 e. The zero-order valence-electron chi connectivity index (χ0n) is 23.1. The lowest BCUT2D eigenvalue weighted by molar-refractivity contribution is -0.163. The lowest BCUT2D eigenvalue weighted by Gasteiger charge is -2.26. The van der Waals surface area contributed by atoms with Crippen LogP contribution in [0.15, 0.2) is 78.9 Å². The van der Waals surface area contributed by atoms with Gasteiger partial charge in [-0.1, -0.05) is 54.1 Å². The Morgan fingerprint density at radius 1 is 0.976 bits per heavy atom. The molecule has 0 aliphatic heterocycles. The Labute approximate surface area is 248 Å². The van der Waals surface area contributed by atoms with Gasteiger partial charge in [-0.15, -0.1) is 0 Å². The van der Waals surface area contributed by atoms with Crippen LogP contribution in [-0.2, 0) is 11.3 Å². The van der Waals surface area contributed by atoms with Crippen molar-refractivity contribution in [3.63, 3.8) is 0 Å². The van der Waals surface area contributed by atoms with Crippen molar-refractivity contribution < 1.29 is 28.3 Å². The van der Waals surface area contributed by atoms with Crippen molar-refractivity contribution in [1.82, 2.24) is 10.6 Å². The van der Waals surface area contributed by atoms with Crippen molar-refractivity contribution in [3.8, 4) is 0 Å². The first-order chi connectivity index (χ1) is 20.0. The molecule has 4 rings (SSSR count). The highest BCUT2D eigenvalue weighted by Crippen LogP contribution is 2.29. The van der Waals surface area contributed by atoms with Crippen LogP contribution < -0.4 is 15.5 Å². The van der Waals surface area contributed by atoms with Gasteiger partial charge < -0.3 is 15.7 Å². The molecule has 0 bridgehead atoms. The van der Waals surface area contributed by atoms with Gasteiger partial charge >= 0.3 is 17.9 Å². The Morgan fingerprint density at radius 3 is 2.24 bits per heavy atom. The quantitative estimate of drug-likeness (QED) is 0.230. The molecule has 3 N–H and O–H groups in total. The van der Waals surface area contributed by atoms with Crippen LogP contribution in [0.2, 0.25) is 5.02 Å². The van der Waals surface area contributed by atoms with Crippen molar-refractivity contribution in [1.29, 1.82) is 0 Å². The number of rotatable bonds is 10. The van der Waals surface area contributed by atoms with Gasteiger partial charge in [0.15, 0.2) is 0 Å². The fourth-order valence-corrected chi connectivity index (χ4v) is 4.77. The summed E-state index contributed by atoms with van der Waals surface area (Å²) in [4.78, 5) is 38.1. The van der Waals surface area contributed by atoms with Gasteiger partial charge in [0.2, 0.25) is 0 Å². The van der Waals surface area contributed by atoms with Gasteiger partial charge in [-0.05, 0) is 91.3 Å². The number of carbonyl (C=O) groups excluding carboxylic acids is 2. The van der Waals surface area contributed by atoms with E-state index in [4.69, 9.17) is 16.7 Å². The molecule has 42 heavy (non-hydrogen) atoms. The molecule has 3 amide bonds. The smallest absolute Gasteiger partial charge is 0.376 e. The van der Waals surface area contributed by atoms with E-state index in [2.05, 4.69) is 11.4 Å². The second kappa shape index (κ2) is 13.6. The van der Waals surface area contributed by atoms with E-state index < -0.39 is 24.3 Å². The van der Waals surface area contributed by atoms with Crippen LogP contribution in [0.4, 0.5) is 19.3 Å². The average molecular weight is 596 g/mol. The highest BCUT2D eigenvalue weighted by molar-refractivity contribution is 6.30. The van der Waals surface area contributed by atoms with Crippen molar-refractivity contribution >= 4 is 40.8 Å². The van der Waals surface area contributed by atoms with Crippen molar-refractivity contribution in [2.75, 3.05) is 11.4 Å². The second-order valence-electron chi connectivity index (χ2n) is 10.2. The Balaban J connectivity index is 1.52. The third kappa shape index (κ3) is 7.94. The van der Waals surface area contributed by atoms with Gasteiger partial charge in [0, 0.05) is 16.3 Å². The molecule has 0 saturated heterocycles. The molecule has 1 atom stereocenters. The SMILES string of the molecule is C[C@H](NC(=O)N(Cc1ccc(C(=O)NCC(F)(F)C(=O)O)cc1)c1ccc(C2=CCCCC2)cc1)c1ccc(Cl)cc1. The van der Waals surface area contributed by atoms with Crippen LogP contribution in [0.5, 0.6) is 0 Å². The number of amides is 3. The summed E-state index contributed by atoms with van der Waals surface area (Å²) in [5, 5.41) is 14.1. The van der Waals surface area contributed by atoms with E-state index in [1.165, 1.54) is 24.1 Å². The molecule has 0 fully saturated rings. The third-order valence-corrected chi connectivity index (χ3v) is 7.39. The van der Waals surface area contributed by atoms with Gasteiger partial charge in [0.1, 0.15) is 0 Å². The number of nitrogens with zero attached hydrogens (tertiary/aromatic N) is 1. The molecule has 1 aliphatic carbocycles. The Bertz CT molecular complexity index is 1440. The first-order valence-corrected chi connectivity index (χ1v) is 14.0. The highest BCUT2D eigenvalue weighted by atomic mass is 35.5. The largest absolute Gasteiger partial charge is 0.477 e. The number of anilines is 1. The summed E-state index contributed by atoms with van der Waals surface area (Å²) in [5.74, 6) is -7.22. The predicted octanol–water partition coefficient (Wildman–Crippen LogP) is 7.22. The number of aliphatic carboxylic acids is 1. The molecule has 220 valence electrons. The topological polar surface area (TPSA) is 98.7 Å². The average Bonchev–Trinajstić information content (AvgIpc) is 2.99. The predicted molar refractivity (Wildman–Crippen MR) is 159 cm³/mol. The number of carbonyl (C=O) groups is 3. The van der Waals surface area contributed by atoms with Gasteiger partial charge in [-0.3, -0.25) is 9.69 Å². The van der Waals surface area contributed by atoms with Gasteiger partial charge in [-0.25, -0.2) is 9.59 Å². The van der Waals surface area contributed by atoms with E-state index in [0.29, 0.717) is 16.3 Å². The molecule has 1 aliphatic rings. The number of benzene rings is 3. The molecule has 0 radical (unpaired) electrons. The first-order valence-electron chi connectivity index (χ1n) is 13.6. The summed E-state index contributed by atoms with van der Waals surface area (Å²) in [6.07, 6.45) is 6.69. The number of urea groups is 1. The molecule has 0 aromatic heterocycles. The van der Waals surface area contributed by atoms with E-state index in [0.717, 1.165) is 30.4 Å². The van der Waals surface area contributed by atoms with E-state index in [1.807, 2.05) is 48.6 Å². The molecule has 0 heterocycles. The number of carboxylic acid groups (broad SMARTS) is 1. The molecule has 0 spiro atoms. The van der Waals surface area contributed by atoms with Crippen LogP contribution in [0.1, 0.15) is 65.7 Å². The van der Waals surface area contributed by atoms with Crippen molar-refractivity contribution in [2.45, 2.75) is 51.1 Å².